The third-order valence-corrected chi connectivity index (χ3v) is 2.02. The first kappa shape index (κ1) is 8.44. The smallest absolute Gasteiger partial charge is 0.0717 e. The van der Waals surface area contributed by atoms with Gasteiger partial charge in [-0.25, -0.2) is 0 Å². The minimum absolute atomic E-state index is 0.663. The van der Waals surface area contributed by atoms with Crippen LogP contribution in [0.2, 0.25) is 0 Å². The van der Waals surface area contributed by atoms with Gasteiger partial charge in [-0.05, 0) is 24.5 Å². The molecule has 0 aromatic carbocycles. The van der Waals surface area contributed by atoms with E-state index in [-0.39, 0.29) is 0 Å². The van der Waals surface area contributed by atoms with Crippen LogP contribution in [0.5, 0.6) is 0 Å². The highest BCUT2D eigenvalue weighted by atomic mass is 14.9. The van der Waals surface area contributed by atoms with Gasteiger partial charge < -0.3 is 4.57 Å². The van der Waals surface area contributed by atoms with Crippen molar-refractivity contribution in [2.75, 3.05) is 0 Å². The van der Waals surface area contributed by atoms with Gasteiger partial charge in [0, 0.05) is 18.9 Å². The van der Waals surface area contributed by atoms with Gasteiger partial charge in [-0.15, -0.1) is 0 Å². The summed E-state index contributed by atoms with van der Waals surface area (Å²) in [6.07, 6.45) is 6.07. The first-order valence-corrected chi connectivity index (χ1v) is 4.19. The average molecular weight is 147 g/mol. The van der Waals surface area contributed by atoms with Gasteiger partial charge in [-0.2, -0.15) is 0 Å². The molecular weight excluding hydrogens is 133 g/mol. The zero-order valence-electron chi connectivity index (χ0n) is 7.30. The van der Waals surface area contributed by atoms with Gasteiger partial charge >= 0.3 is 0 Å². The van der Waals surface area contributed by atoms with Crippen LogP contribution in [0.25, 0.3) is 0 Å². The summed E-state index contributed by atoms with van der Waals surface area (Å²) >= 11 is 0. The molecule has 0 atom stereocenters. The van der Waals surface area contributed by atoms with Crippen molar-refractivity contribution in [3.8, 4) is 0 Å². The summed E-state index contributed by atoms with van der Waals surface area (Å²) in [4.78, 5) is 0. The van der Waals surface area contributed by atoms with Crippen LogP contribution in [0.4, 0.5) is 0 Å². The van der Waals surface area contributed by atoms with Crippen LogP contribution in [0, 0.1) is 0 Å². The Kier molecular flexibility index (Phi) is 2.80. The van der Waals surface area contributed by atoms with Crippen molar-refractivity contribution >= 4 is 7.85 Å². The van der Waals surface area contributed by atoms with Crippen molar-refractivity contribution in [2.45, 2.75) is 33.1 Å². The zero-order valence-corrected chi connectivity index (χ0v) is 7.30. The maximum atomic E-state index is 5.58. The first-order valence-electron chi connectivity index (χ1n) is 4.19. The lowest BCUT2D eigenvalue weighted by Crippen LogP contribution is -1.87. The SMILES string of the molecule is [B]Cc1cn(CC)cc1CC. The van der Waals surface area contributed by atoms with Crippen molar-refractivity contribution in [2.24, 2.45) is 0 Å². The lowest BCUT2D eigenvalue weighted by atomic mass is 9.95. The molecule has 0 spiro atoms. The molecule has 0 bridgehead atoms. The van der Waals surface area contributed by atoms with E-state index in [9.17, 15) is 0 Å². The molecule has 0 aliphatic heterocycles. The molecule has 1 rings (SSSR count). The predicted octanol–water partition coefficient (Wildman–Crippen LogP) is 1.74. The highest BCUT2D eigenvalue weighted by molar-refractivity contribution is 6.08. The molecule has 11 heavy (non-hydrogen) atoms. The summed E-state index contributed by atoms with van der Waals surface area (Å²) in [6, 6.07) is 0. The zero-order chi connectivity index (χ0) is 8.27. The Morgan fingerprint density at radius 3 is 2.27 bits per heavy atom. The molecule has 0 N–H and O–H groups in total. The van der Waals surface area contributed by atoms with Gasteiger partial charge in [0.1, 0.15) is 0 Å². The largest absolute Gasteiger partial charge is 0.354 e. The van der Waals surface area contributed by atoms with E-state index in [1.54, 1.807) is 0 Å². The third-order valence-electron chi connectivity index (χ3n) is 2.02. The van der Waals surface area contributed by atoms with Crippen molar-refractivity contribution in [3.63, 3.8) is 0 Å². The highest BCUT2D eigenvalue weighted by Gasteiger charge is 2.00. The predicted molar refractivity (Wildman–Crippen MR) is 48.9 cm³/mol. The molecule has 0 saturated carbocycles. The molecule has 0 unspecified atom stereocenters. The van der Waals surface area contributed by atoms with Crippen LogP contribution in [-0.2, 0) is 19.3 Å². The molecule has 0 saturated heterocycles. The molecule has 0 amide bonds. The normalized spacial score (nSPS) is 10.4. The molecular formula is C9H14BN. The number of nitrogens with zero attached hydrogens (tertiary/aromatic N) is 1. The van der Waals surface area contributed by atoms with Gasteiger partial charge in [-0.1, -0.05) is 13.2 Å². The Morgan fingerprint density at radius 1 is 1.27 bits per heavy atom. The Balaban J connectivity index is 2.92. The number of hydrogen-bond donors (Lipinski definition) is 0. The maximum Gasteiger partial charge on any atom is 0.0717 e. The van der Waals surface area contributed by atoms with E-state index in [1.165, 1.54) is 11.1 Å². The molecule has 0 aliphatic carbocycles. The Hall–Kier alpha value is -0.655. The molecule has 1 aromatic heterocycles. The molecule has 0 fully saturated rings. The van der Waals surface area contributed by atoms with E-state index < -0.39 is 0 Å². The Bertz CT molecular complexity index is 206. The fourth-order valence-corrected chi connectivity index (χ4v) is 1.29. The summed E-state index contributed by atoms with van der Waals surface area (Å²) < 4.78 is 2.18. The quantitative estimate of drug-likeness (QED) is 0.574. The third kappa shape index (κ3) is 1.68. The molecule has 58 valence electrons. The second-order valence-electron chi connectivity index (χ2n) is 2.70. The van der Waals surface area contributed by atoms with E-state index in [0.717, 1.165) is 13.0 Å². The molecule has 1 heterocycles. The van der Waals surface area contributed by atoms with Gasteiger partial charge in [0.05, 0.1) is 7.85 Å². The second kappa shape index (κ2) is 3.65. The van der Waals surface area contributed by atoms with E-state index in [2.05, 4.69) is 30.8 Å². The van der Waals surface area contributed by atoms with Crippen molar-refractivity contribution in [3.05, 3.63) is 23.5 Å². The summed E-state index contributed by atoms with van der Waals surface area (Å²) in [5, 5.41) is 0. The number of rotatable bonds is 3. The van der Waals surface area contributed by atoms with Crippen LogP contribution < -0.4 is 0 Å². The van der Waals surface area contributed by atoms with Crippen molar-refractivity contribution in [1.82, 2.24) is 4.57 Å². The number of aromatic nitrogens is 1. The molecule has 2 radical (unpaired) electrons. The van der Waals surface area contributed by atoms with Gasteiger partial charge in [0.2, 0.25) is 0 Å². The topological polar surface area (TPSA) is 4.93 Å². The van der Waals surface area contributed by atoms with Crippen LogP contribution in [0.3, 0.4) is 0 Å². The molecule has 1 aromatic rings. The second-order valence-corrected chi connectivity index (χ2v) is 2.70. The summed E-state index contributed by atoms with van der Waals surface area (Å²) in [5.74, 6) is 0. The summed E-state index contributed by atoms with van der Waals surface area (Å²) in [5.41, 5.74) is 2.67. The average Bonchev–Trinajstić information content (AvgIpc) is 2.46. The Morgan fingerprint density at radius 2 is 1.91 bits per heavy atom. The van der Waals surface area contributed by atoms with Crippen LogP contribution in [0.15, 0.2) is 12.4 Å². The van der Waals surface area contributed by atoms with E-state index in [0.29, 0.717) is 6.32 Å². The van der Waals surface area contributed by atoms with E-state index in [4.69, 9.17) is 7.85 Å². The molecule has 2 heteroatoms. The maximum absolute atomic E-state index is 5.58. The van der Waals surface area contributed by atoms with Crippen LogP contribution >= 0.6 is 0 Å². The lowest BCUT2D eigenvalue weighted by Gasteiger charge is -1.93. The van der Waals surface area contributed by atoms with Crippen LogP contribution in [0.1, 0.15) is 25.0 Å². The highest BCUT2D eigenvalue weighted by Crippen LogP contribution is 2.10. The molecule has 0 aliphatic rings. The van der Waals surface area contributed by atoms with Gasteiger partial charge in [0.15, 0.2) is 0 Å². The summed E-state index contributed by atoms with van der Waals surface area (Å²) in [6.45, 7) is 5.33. The van der Waals surface area contributed by atoms with Crippen molar-refractivity contribution in [1.29, 1.82) is 0 Å². The van der Waals surface area contributed by atoms with Gasteiger partial charge in [-0.3, -0.25) is 0 Å². The summed E-state index contributed by atoms with van der Waals surface area (Å²) in [7, 11) is 5.58. The lowest BCUT2D eigenvalue weighted by molar-refractivity contribution is 0.765. The number of hydrogen-bond acceptors (Lipinski definition) is 0. The van der Waals surface area contributed by atoms with Crippen molar-refractivity contribution < 1.29 is 0 Å². The number of aryl methyl sites for hydroxylation is 2. The van der Waals surface area contributed by atoms with Crippen LogP contribution in [-0.4, -0.2) is 12.4 Å². The minimum atomic E-state index is 0.663. The minimum Gasteiger partial charge on any atom is -0.354 e. The standard InChI is InChI=1S/C9H14BN/c1-3-8-6-11(4-2)7-9(8)5-10/h6-7H,3-5H2,1-2H3. The molecule has 1 nitrogen and oxygen atoms in total. The van der Waals surface area contributed by atoms with Gasteiger partial charge in [0.25, 0.3) is 0 Å². The van der Waals surface area contributed by atoms with E-state index >= 15 is 0 Å². The monoisotopic (exact) mass is 147 g/mol. The fraction of sp³-hybridized carbons (Fsp3) is 0.556. The Labute approximate surface area is 69.8 Å². The first-order chi connectivity index (χ1) is 5.31. The van der Waals surface area contributed by atoms with E-state index in [1.807, 2.05) is 0 Å². The fourth-order valence-electron chi connectivity index (χ4n) is 1.29.